The Bertz CT molecular complexity index is 345. The van der Waals surface area contributed by atoms with E-state index in [9.17, 15) is 4.39 Å². The Morgan fingerprint density at radius 3 is 2.86 bits per heavy atom. The second kappa shape index (κ2) is 5.25. The Morgan fingerprint density at radius 1 is 1.43 bits per heavy atom. The quantitative estimate of drug-likeness (QED) is 0.551. The van der Waals surface area contributed by atoms with Gasteiger partial charge in [0.1, 0.15) is 11.6 Å². The highest BCUT2D eigenvalue weighted by atomic mass is 19.1. The SMILES string of the molecule is CNCCC#Cc1cc(O)cc(F)c1. The first kappa shape index (κ1) is 10.6. The van der Waals surface area contributed by atoms with Gasteiger partial charge in [-0.3, -0.25) is 0 Å². The number of nitrogens with one attached hydrogen (secondary N) is 1. The van der Waals surface area contributed by atoms with E-state index >= 15 is 0 Å². The maximum atomic E-state index is 12.8. The molecule has 0 aliphatic carbocycles. The monoisotopic (exact) mass is 193 g/mol. The van der Waals surface area contributed by atoms with Crippen LogP contribution in [0, 0.1) is 17.7 Å². The summed E-state index contributed by atoms with van der Waals surface area (Å²) in [6.07, 6.45) is 0.702. The van der Waals surface area contributed by atoms with Gasteiger partial charge in [-0.05, 0) is 19.2 Å². The number of hydrogen-bond acceptors (Lipinski definition) is 2. The summed E-state index contributed by atoms with van der Waals surface area (Å²) in [4.78, 5) is 0. The predicted octanol–water partition coefficient (Wildman–Crippen LogP) is 1.49. The Labute approximate surface area is 82.8 Å². The number of aromatic hydroxyl groups is 1. The molecule has 3 heteroatoms. The van der Waals surface area contributed by atoms with E-state index in [4.69, 9.17) is 5.11 Å². The lowest BCUT2D eigenvalue weighted by Gasteiger charge is -1.94. The Hall–Kier alpha value is -1.53. The molecule has 1 aromatic rings. The van der Waals surface area contributed by atoms with Gasteiger partial charge in [-0.2, -0.15) is 0 Å². The third kappa shape index (κ3) is 3.46. The van der Waals surface area contributed by atoms with Gasteiger partial charge in [0.25, 0.3) is 0 Å². The summed E-state index contributed by atoms with van der Waals surface area (Å²) in [6, 6.07) is 3.79. The maximum absolute atomic E-state index is 12.8. The molecule has 0 spiro atoms. The molecule has 2 N–H and O–H groups in total. The molecule has 0 atom stereocenters. The zero-order chi connectivity index (χ0) is 10.4. The third-order valence-electron chi connectivity index (χ3n) is 1.62. The largest absolute Gasteiger partial charge is 0.508 e. The van der Waals surface area contributed by atoms with Crippen molar-refractivity contribution in [3.05, 3.63) is 29.6 Å². The van der Waals surface area contributed by atoms with Crippen LogP contribution in [0.4, 0.5) is 4.39 Å². The smallest absolute Gasteiger partial charge is 0.128 e. The maximum Gasteiger partial charge on any atom is 0.128 e. The fourth-order valence-corrected chi connectivity index (χ4v) is 0.998. The molecule has 0 bridgehead atoms. The van der Waals surface area contributed by atoms with Crippen molar-refractivity contribution < 1.29 is 9.50 Å². The van der Waals surface area contributed by atoms with Crippen LogP contribution in [0.1, 0.15) is 12.0 Å². The molecule has 0 unspecified atom stereocenters. The van der Waals surface area contributed by atoms with Gasteiger partial charge in [0, 0.05) is 24.6 Å². The van der Waals surface area contributed by atoms with Crippen molar-refractivity contribution in [2.45, 2.75) is 6.42 Å². The van der Waals surface area contributed by atoms with E-state index in [-0.39, 0.29) is 5.75 Å². The van der Waals surface area contributed by atoms with Crippen LogP contribution in [0.25, 0.3) is 0 Å². The summed E-state index contributed by atoms with van der Waals surface area (Å²) in [5.74, 6) is 5.07. The molecule has 0 heterocycles. The van der Waals surface area contributed by atoms with E-state index in [1.807, 2.05) is 7.05 Å². The molecule has 2 nitrogen and oxygen atoms in total. The number of hydrogen-bond donors (Lipinski definition) is 2. The van der Waals surface area contributed by atoms with Crippen molar-refractivity contribution in [2.24, 2.45) is 0 Å². The molecule has 0 radical (unpaired) electrons. The van der Waals surface area contributed by atoms with Gasteiger partial charge in [0.05, 0.1) is 0 Å². The minimum Gasteiger partial charge on any atom is -0.508 e. The normalized spacial score (nSPS) is 9.29. The van der Waals surface area contributed by atoms with E-state index in [0.29, 0.717) is 12.0 Å². The first-order valence-electron chi connectivity index (χ1n) is 4.35. The molecule has 0 saturated heterocycles. The van der Waals surface area contributed by atoms with Crippen LogP contribution in [-0.2, 0) is 0 Å². The van der Waals surface area contributed by atoms with E-state index in [2.05, 4.69) is 17.2 Å². The third-order valence-corrected chi connectivity index (χ3v) is 1.62. The Kier molecular flexibility index (Phi) is 3.96. The average Bonchev–Trinajstić information content (AvgIpc) is 2.11. The molecule has 0 aliphatic heterocycles. The molecule has 1 aromatic carbocycles. The molecule has 0 aliphatic rings. The summed E-state index contributed by atoms with van der Waals surface area (Å²) in [7, 11) is 1.84. The molecule has 0 aromatic heterocycles. The Balaban J connectivity index is 2.69. The zero-order valence-corrected chi connectivity index (χ0v) is 7.97. The molecule has 1 rings (SSSR count). The predicted molar refractivity (Wildman–Crippen MR) is 53.5 cm³/mol. The van der Waals surface area contributed by atoms with Crippen LogP contribution in [0.15, 0.2) is 18.2 Å². The molecule has 14 heavy (non-hydrogen) atoms. The molecular formula is C11H12FNO. The topological polar surface area (TPSA) is 32.3 Å². The van der Waals surface area contributed by atoms with Gasteiger partial charge >= 0.3 is 0 Å². The van der Waals surface area contributed by atoms with Crippen molar-refractivity contribution in [2.75, 3.05) is 13.6 Å². The number of phenolic OH excluding ortho intramolecular Hbond substituents is 1. The highest BCUT2D eigenvalue weighted by molar-refractivity contribution is 5.39. The second-order valence-electron chi connectivity index (χ2n) is 2.85. The first-order chi connectivity index (χ1) is 6.72. The van der Waals surface area contributed by atoms with E-state index in [0.717, 1.165) is 12.6 Å². The molecule has 0 saturated carbocycles. The van der Waals surface area contributed by atoms with Gasteiger partial charge in [0.15, 0.2) is 0 Å². The van der Waals surface area contributed by atoms with Crippen LogP contribution in [0.5, 0.6) is 5.75 Å². The minimum absolute atomic E-state index is 0.0945. The molecule has 74 valence electrons. The van der Waals surface area contributed by atoms with Crippen molar-refractivity contribution in [1.29, 1.82) is 0 Å². The van der Waals surface area contributed by atoms with Gasteiger partial charge in [-0.15, -0.1) is 0 Å². The fraction of sp³-hybridized carbons (Fsp3) is 0.273. The molecule has 0 amide bonds. The molecule has 0 fully saturated rings. The van der Waals surface area contributed by atoms with Crippen LogP contribution in [-0.4, -0.2) is 18.7 Å². The number of phenols is 1. The second-order valence-corrected chi connectivity index (χ2v) is 2.85. The van der Waals surface area contributed by atoms with Gasteiger partial charge in [-0.1, -0.05) is 11.8 Å². The zero-order valence-electron chi connectivity index (χ0n) is 7.97. The standard InChI is InChI=1S/C11H12FNO/c1-13-5-3-2-4-9-6-10(12)8-11(14)7-9/h6-8,13-14H,3,5H2,1H3. The summed E-state index contributed by atoms with van der Waals surface area (Å²) in [5.41, 5.74) is 0.499. The molecular weight excluding hydrogens is 181 g/mol. The highest BCUT2D eigenvalue weighted by Gasteiger charge is 1.95. The van der Waals surface area contributed by atoms with Crippen molar-refractivity contribution >= 4 is 0 Å². The van der Waals surface area contributed by atoms with Crippen LogP contribution < -0.4 is 5.32 Å². The van der Waals surface area contributed by atoms with Crippen molar-refractivity contribution in [3.8, 4) is 17.6 Å². The van der Waals surface area contributed by atoms with Gasteiger partial charge in [0.2, 0.25) is 0 Å². The Morgan fingerprint density at radius 2 is 2.21 bits per heavy atom. The number of rotatable bonds is 2. The lowest BCUT2D eigenvalue weighted by molar-refractivity contribution is 0.469. The number of benzene rings is 1. The van der Waals surface area contributed by atoms with Crippen molar-refractivity contribution in [1.82, 2.24) is 5.32 Å². The van der Waals surface area contributed by atoms with Crippen LogP contribution in [0.3, 0.4) is 0 Å². The minimum atomic E-state index is -0.470. The van der Waals surface area contributed by atoms with Crippen molar-refractivity contribution in [3.63, 3.8) is 0 Å². The summed E-state index contributed by atoms with van der Waals surface area (Å²) < 4.78 is 12.8. The van der Waals surface area contributed by atoms with Crippen LogP contribution in [0.2, 0.25) is 0 Å². The summed E-state index contributed by atoms with van der Waals surface area (Å²) in [6.45, 7) is 0.800. The van der Waals surface area contributed by atoms with Gasteiger partial charge < -0.3 is 10.4 Å². The average molecular weight is 193 g/mol. The fourth-order valence-electron chi connectivity index (χ4n) is 0.998. The number of halogens is 1. The van der Waals surface area contributed by atoms with E-state index < -0.39 is 5.82 Å². The summed E-state index contributed by atoms with van der Waals surface area (Å²) >= 11 is 0. The van der Waals surface area contributed by atoms with Gasteiger partial charge in [-0.25, -0.2) is 4.39 Å². The van der Waals surface area contributed by atoms with E-state index in [1.54, 1.807) is 0 Å². The lowest BCUT2D eigenvalue weighted by Crippen LogP contribution is -2.05. The first-order valence-corrected chi connectivity index (χ1v) is 4.35. The van der Waals surface area contributed by atoms with Crippen LogP contribution >= 0.6 is 0 Å². The lowest BCUT2D eigenvalue weighted by atomic mass is 10.2. The highest BCUT2D eigenvalue weighted by Crippen LogP contribution is 2.13. The summed E-state index contributed by atoms with van der Waals surface area (Å²) in [5, 5.41) is 12.0. The van der Waals surface area contributed by atoms with E-state index in [1.165, 1.54) is 12.1 Å².